The number of methoxy groups -OCH3 is 1. The number of thiophene rings is 1. The quantitative estimate of drug-likeness (QED) is 0.717. The summed E-state index contributed by atoms with van der Waals surface area (Å²) in [6, 6.07) is 7.76. The first-order valence-corrected chi connectivity index (χ1v) is 10.6. The van der Waals surface area contributed by atoms with Gasteiger partial charge >= 0.3 is 11.9 Å². The molecule has 2 aliphatic rings. The van der Waals surface area contributed by atoms with Crippen LogP contribution in [0.25, 0.3) is 11.1 Å². The molecule has 152 valence electrons. The number of anilines is 1. The van der Waals surface area contributed by atoms with Gasteiger partial charge in [-0.05, 0) is 43.6 Å². The third kappa shape index (κ3) is 3.44. The number of ether oxygens (including phenoxy) is 1. The van der Waals surface area contributed by atoms with E-state index in [2.05, 4.69) is 5.32 Å². The molecular weight excluding hydrogens is 390 g/mol. The summed E-state index contributed by atoms with van der Waals surface area (Å²) in [7, 11) is 1.31. The van der Waals surface area contributed by atoms with Gasteiger partial charge in [0.25, 0.3) is 0 Å². The van der Waals surface area contributed by atoms with Crippen molar-refractivity contribution >= 4 is 34.2 Å². The fourth-order valence-corrected chi connectivity index (χ4v) is 5.96. The summed E-state index contributed by atoms with van der Waals surface area (Å²) >= 11 is 1.26. The average molecular weight is 413 g/mol. The van der Waals surface area contributed by atoms with Crippen LogP contribution in [-0.2, 0) is 14.3 Å². The van der Waals surface area contributed by atoms with E-state index in [1.165, 1.54) is 18.4 Å². The largest absolute Gasteiger partial charge is 0.481 e. The first-order valence-electron chi connectivity index (χ1n) is 9.71. The Morgan fingerprint density at radius 2 is 1.90 bits per heavy atom. The molecule has 4 atom stereocenters. The summed E-state index contributed by atoms with van der Waals surface area (Å²) in [5.41, 5.74) is 2.93. The summed E-state index contributed by atoms with van der Waals surface area (Å²) in [6.45, 7) is 1.97. The van der Waals surface area contributed by atoms with Crippen molar-refractivity contribution in [1.29, 1.82) is 0 Å². The van der Waals surface area contributed by atoms with Crippen LogP contribution >= 0.6 is 11.3 Å². The van der Waals surface area contributed by atoms with Crippen LogP contribution < -0.4 is 5.32 Å². The normalized spacial score (nSPS) is 25.0. The number of hydrogen-bond acceptors (Lipinski definition) is 5. The van der Waals surface area contributed by atoms with Crippen LogP contribution in [0.15, 0.2) is 29.6 Å². The highest BCUT2D eigenvalue weighted by Crippen LogP contribution is 2.53. The Morgan fingerprint density at radius 1 is 1.17 bits per heavy atom. The van der Waals surface area contributed by atoms with Gasteiger partial charge in [-0.15, -0.1) is 11.3 Å². The van der Waals surface area contributed by atoms with Gasteiger partial charge in [0.15, 0.2) is 0 Å². The van der Waals surface area contributed by atoms with Crippen LogP contribution in [0, 0.1) is 30.6 Å². The maximum Gasteiger partial charge on any atom is 0.341 e. The Hall–Kier alpha value is -2.67. The highest BCUT2D eigenvalue weighted by Gasteiger charge is 2.54. The lowest BCUT2D eigenvalue weighted by atomic mass is 9.78. The van der Waals surface area contributed by atoms with Gasteiger partial charge < -0.3 is 15.2 Å². The Balaban J connectivity index is 1.66. The second-order valence-electron chi connectivity index (χ2n) is 7.93. The van der Waals surface area contributed by atoms with E-state index < -0.39 is 23.8 Å². The number of esters is 1. The molecule has 0 unspecified atom stereocenters. The molecular formula is C22H23NO5S. The molecule has 2 bridgehead atoms. The van der Waals surface area contributed by atoms with Gasteiger partial charge in [0.1, 0.15) is 10.6 Å². The third-order valence-corrected chi connectivity index (χ3v) is 7.15. The zero-order chi connectivity index (χ0) is 20.7. The first kappa shape index (κ1) is 19.6. The number of fused-ring (bicyclic) bond motifs is 2. The summed E-state index contributed by atoms with van der Waals surface area (Å²) in [5, 5.41) is 14.7. The average Bonchev–Trinajstić information content (AvgIpc) is 3.41. The molecule has 0 saturated heterocycles. The third-order valence-electron chi connectivity index (χ3n) is 6.25. The molecule has 1 amide bonds. The smallest absolute Gasteiger partial charge is 0.341 e. The molecule has 2 fully saturated rings. The van der Waals surface area contributed by atoms with Crippen molar-refractivity contribution in [2.24, 2.45) is 23.7 Å². The zero-order valence-corrected chi connectivity index (χ0v) is 17.1. The van der Waals surface area contributed by atoms with Crippen LogP contribution in [0.5, 0.6) is 0 Å². The molecule has 2 N–H and O–H groups in total. The van der Waals surface area contributed by atoms with Crippen molar-refractivity contribution in [1.82, 2.24) is 0 Å². The number of carbonyl (C=O) groups is 3. The monoisotopic (exact) mass is 413 g/mol. The molecule has 2 saturated carbocycles. The molecule has 0 radical (unpaired) electrons. The standard InChI is InChI=1S/C22H23NO5S/c1-11-4-3-5-12(8-11)15-10-29-20(18(15)22(27)28-2)23-19(24)16-13-6-7-14(9-13)17(16)21(25)26/h3-5,8,10,13-14,16-17H,6-7,9H2,1-2H3,(H,23,24)(H,25,26)/t13-,14+,16+,17+/m1/s1. The number of hydrogen-bond donors (Lipinski definition) is 2. The molecule has 6 nitrogen and oxygen atoms in total. The number of aliphatic carboxylic acids is 1. The Morgan fingerprint density at radius 3 is 2.55 bits per heavy atom. The lowest BCUT2D eigenvalue weighted by Gasteiger charge is -2.26. The molecule has 1 aromatic carbocycles. The SMILES string of the molecule is COC(=O)c1c(-c2cccc(C)c2)csc1NC(=O)[C@H]1[C@@H]2CC[C@@H](C2)[C@@H]1C(=O)O. The predicted molar refractivity (Wildman–Crippen MR) is 110 cm³/mol. The number of carbonyl (C=O) groups excluding carboxylic acids is 2. The molecule has 1 aromatic heterocycles. The topological polar surface area (TPSA) is 92.7 Å². The first-order chi connectivity index (χ1) is 13.9. The number of benzene rings is 1. The number of carboxylic acid groups (broad SMARTS) is 1. The van der Waals surface area contributed by atoms with Gasteiger partial charge in [-0.3, -0.25) is 9.59 Å². The molecule has 29 heavy (non-hydrogen) atoms. The van der Waals surface area contributed by atoms with E-state index in [1.807, 2.05) is 36.6 Å². The maximum absolute atomic E-state index is 13.1. The minimum atomic E-state index is -0.905. The van der Waals surface area contributed by atoms with Crippen molar-refractivity contribution in [2.45, 2.75) is 26.2 Å². The van der Waals surface area contributed by atoms with E-state index in [1.54, 1.807) is 0 Å². The predicted octanol–water partition coefficient (Wildman–Crippen LogP) is 4.20. The molecule has 0 aliphatic heterocycles. The van der Waals surface area contributed by atoms with Gasteiger partial charge in [0.05, 0.1) is 18.9 Å². The van der Waals surface area contributed by atoms with Crippen molar-refractivity contribution in [3.63, 3.8) is 0 Å². The number of rotatable bonds is 5. The van der Waals surface area contributed by atoms with Gasteiger partial charge in [0, 0.05) is 10.9 Å². The Kier molecular flexibility index (Phi) is 5.17. The van der Waals surface area contributed by atoms with Gasteiger partial charge in [0.2, 0.25) is 5.91 Å². The van der Waals surface area contributed by atoms with E-state index in [0.717, 1.165) is 30.4 Å². The second kappa shape index (κ2) is 7.63. The molecule has 2 aromatic rings. The lowest BCUT2D eigenvalue weighted by Crippen LogP contribution is -2.37. The van der Waals surface area contributed by atoms with Crippen LogP contribution in [0.1, 0.15) is 35.2 Å². The van der Waals surface area contributed by atoms with Crippen LogP contribution in [0.4, 0.5) is 5.00 Å². The molecule has 7 heteroatoms. The maximum atomic E-state index is 13.1. The Bertz CT molecular complexity index is 981. The van der Waals surface area contributed by atoms with Crippen LogP contribution in [0.2, 0.25) is 0 Å². The van der Waals surface area contributed by atoms with Gasteiger partial charge in [-0.1, -0.05) is 29.8 Å². The van der Waals surface area contributed by atoms with Crippen molar-refractivity contribution < 1.29 is 24.2 Å². The van der Waals surface area contributed by atoms with Gasteiger partial charge in [-0.2, -0.15) is 0 Å². The van der Waals surface area contributed by atoms with Crippen LogP contribution in [0.3, 0.4) is 0 Å². The minimum absolute atomic E-state index is 0.0690. The lowest BCUT2D eigenvalue weighted by molar-refractivity contribution is -0.148. The van der Waals surface area contributed by atoms with E-state index in [-0.39, 0.29) is 17.7 Å². The van der Waals surface area contributed by atoms with E-state index in [4.69, 9.17) is 4.74 Å². The highest BCUT2D eigenvalue weighted by molar-refractivity contribution is 7.15. The van der Waals surface area contributed by atoms with Crippen molar-refractivity contribution in [3.05, 3.63) is 40.8 Å². The summed E-state index contributed by atoms with van der Waals surface area (Å²) < 4.78 is 4.97. The minimum Gasteiger partial charge on any atom is -0.481 e. The molecule has 0 spiro atoms. The van der Waals surface area contributed by atoms with E-state index in [9.17, 15) is 19.5 Å². The molecule has 1 heterocycles. The molecule has 2 aliphatic carbocycles. The van der Waals surface area contributed by atoms with E-state index in [0.29, 0.717) is 16.1 Å². The van der Waals surface area contributed by atoms with Crippen molar-refractivity contribution in [2.75, 3.05) is 12.4 Å². The summed E-state index contributed by atoms with van der Waals surface area (Å²) in [6.07, 6.45) is 2.54. The van der Waals surface area contributed by atoms with E-state index >= 15 is 0 Å². The zero-order valence-electron chi connectivity index (χ0n) is 16.3. The number of carboxylic acids is 1. The molecule has 4 rings (SSSR count). The number of nitrogens with one attached hydrogen (secondary N) is 1. The van der Waals surface area contributed by atoms with Crippen molar-refractivity contribution in [3.8, 4) is 11.1 Å². The number of aryl methyl sites for hydroxylation is 1. The van der Waals surface area contributed by atoms with Crippen LogP contribution in [-0.4, -0.2) is 30.1 Å². The highest BCUT2D eigenvalue weighted by atomic mass is 32.1. The fraction of sp³-hybridized carbons (Fsp3) is 0.409. The summed E-state index contributed by atoms with van der Waals surface area (Å²) in [4.78, 5) is 37.3. The Labute approximate surface area is 172 Å². The fourth-order valence-electron chi connectivity index (χ4n) is 5.00. The van der Waals surface area contributed by atoms with Gasteiger partial charge in [-0.25, -0.2) is 4.79 Å². The number of amides is 1. The summed E-state index contributed by atoms with van der Waals surface area (Å²) in [5.74, 6) is -2.78. The second-order valence-corrected chi connectivity index (χ2v) is 8.81.